The van der Waals surface area contributed by atoms with Gasteiger partial charge in [-0.2, -0.15) is 0 Å². The van der Waals surface area contributed by atoms with Crippen LogP contribution in [0.1, 0.15) is 11.1 Å². The van der Waals surface area contributed by atoms with E-state index < -0.39 is 0 Å². The molecule has 0 unspecified atom stereocenters. The second-order valence-electron chi connectivity index (χ2n) is 6.43. The van der Waals surface area contributed by atoms with Gasteiger partial charge in [-0.05, 0) is 48.4 Å². The Kier molecular flexibility index (Phi) is 4.34. The molecule has 0 saturated carbocycles. The fourth-order valence-electron chi connectivity index (χ4n) is 3.14. The number of ether oxygens (including phenoxy) is 1. The van der Waals surface area contributed by atoms with E-state index in [0.717, 1.165) is 27.8 Å². The van der Waals surface area contributed by atoms with Crippen molar-refractivity contribution in [1.29, 1.82) is 0 Å². The number of nitro benzene ring substituents is 1. The van der Waals surface area contributed by atoms with Crippen LogP contribution in [0.25, 0.3) is 16.6 Å². The van der Waals surface area contributed by atoms with E-state index >= 15 is 0 Å². The maximum absolute atomic E-state index is 11.4. The van der Waals surface area contributed by atoms with E-state index in [-0.39, 0.29) is 10.6 Å². The van der Waals surface area contributed by atoms with E-state index in [9.17, 15) is 10.1 Å². The summed E-state index contributed by atoms with van der Waals surface area (Å²) in [4.78, 5) is 11.1. The second-order valence-corrected chi connectivity index (χ2v) is 6.43. The number of rotatable bonds is 5. The monoisotopic (exact) mass is 358 g/mol. The summed E-state index contributed by atoms with van der Waals surface area (Å²) in [5, 5.41) is 12.4. The van der Waals surface area contributed by atoms with Crippen LogP contribution in [0.4, 0.5) is 5.69 Å². The fourth-order valence-corrected chi connectivity index (χ4v) is 3.14. The highest BCUT2D eigenvalue weighted by molar-refractivity contribution is 5.84. The zero-order valence-corrected chi connectivity index (χ0v) is 14.8. The van der Waals surface area contributed by atoms with E-state index in [4.69, 9.17) is 4.74 Å². The lowest BCUT2D eigenvalue weighted by Gasteiger charge is -2.09. The highest BCUT2D eigenvalue weighted by Crippen LogP contribution is 2.30. The molecule has 0 spiro atoms. The van der Waals surface area contributed by atoms with E-state index in [1.54, 1.807) is 12.1 Å². The van der Waals surface area contributed by atoms with Crippen LogP contribution >= 0.6 is 0 Å². The molecule has 4 aromatic rings. The van der Waals surface area contributed by atoms with Gasteiger partial charge in [-0.25, -0.2) is 0 Å². The van der Waals surface area contributed by atoms with Crippen LogP contribution in [-0.2, 0) is 6.61 Å². The number of nitrogens with zero attached hydrogens (tertiary/aromatic N) is 2. The molecule has 0 aliphatic carbocycles. The summed E-state index contributed by atoms with van der Waals surface area (Å²) in [5.74, 6) is 0.767. The smallest absolute Gasteiger partial charge is 0.293 e. The van der Waals surface area contributed by atoms with Gasteiger partial charge in [0.25, 0.3) is 5.69 Å². The molecule has 0 aliphatic rings. The van der Waals surface area contributed by atoms with Crippen LogP contribution < -0.4 is 4.74 Å². The third kappa shape index (κ3) is 3.40. The first-order chi connectivity index (χ1) is 13.1. The number of hydrogen-bond donors (Lipinski definition) is 0. The van der Waals surface area contributed by atoms with Crippen molar-refractivity contribution >= 4 is 16.6 Å². The van der Waals surface area contributed by atoms with Crippen LogP contribution in [0, 0.1) is 17.0 Å². The summed E-state index contributed by atoms with van der Waals surface area (Å²) in [7, 11) is 0. The van der Waals surface area contributed by atoms with Gasteiger partial charge in [0.1, 0.15) is 18.0 Å². The minimum atomic E-state index is -0.349. The number of nitro groups is 1. The minimum absolute atomic E-state index is 0.0857. The Bertz CT molecular complexity index is 1120. The quantitative estimate of drug-likeness (QED) is 0.353. The van der Waals surface area contributed by atoms with Gasteiger partial charge in [-0.3, -0.25) is 10.1 Å². The fraction of sp³-hybridized carbons (Fsp3) is 0.0909. The summed E-state index contributed by atoms with van der Waals surface area (Å²) >= 11 is 0. The molecular formula is C22H18N2O3. The molecule has 0 amide bonds. The zero-order valence-electron chi connectivity index (χ0n) is 14.8. The van der Waals surface area contributed by atoms with Crippen molar-refractivity contribution in [2.45, 2.75) is 13.5 Å². The number of aryl methyl sites for hydroxylation is 1. The Labute approximate surface area is 156 Å². The normalized spacial score (nSPS) is 10.9. The number of benzene rings is 3. The average molecular weight is 358 g/mol. The first-order valence-electron chi connectivity index (χ1n) is 8.65. The number of hydrogen-bond acceptors (Lipinski definition) is 3. The van der Waals surface area contributed by atoms with Crippen molar-refractivity contribution < 1.29 is 9.66 Å². The second kappa shape index (κ2) is 6.96. The Hall–Kier alpha value is -3.60. The van der Waals surface area contributed by atoms with Gasteiger partial charge in [0, 0.05) is 17.6 Å². The molecule has 0 aliphatic heterocycles. The van der Waals surface area contributed by atoms with Crippen molar-refractivity contribution in [3.63, 3.8) is 0 Å². The van der Waals surface area contributed by atoms with Gasteiger partial charge in [-0.1, -0.05) is 36.4 Å². The van der Waals surface area contributed by atoms with Gasteiger partial charge in [0.15, 0.2) is 0 Å². The van der Waals surface area contributed by atoms with Crippen LogP contribution in [0.5, 0.6) is 5.75 Å². The Morgan fingerprint density at radius 3 is 2.59 bits per heavy atom. The highest BCUT2D eigenvalue weighted by Gasteiger charge is 2.16. The Morgan fingerprint density at radius 1 is 1.00 bits per heavy atom. The van der Waals surface area contributed by atoms with Crippen LogP contribution in [0.15, 0.2) is 79.0 Å². The lowest BCUT2D eigenvalue weighted by molar-refractivity contribution is -0.384. The molecule has 0 bridgehead atoms. The van der Waals surface area contributed by atoms with Crippen molar-refractivity contribution in [1.82, 2.24) is 4.57 Å². The molecule has 134 valence electrons. The molecule has 0 atom stereocenters. The maximum Gasteiger partial charge on any atom is 0.293 e. The minimum Gasteiger partial charge on any atom is -0.489 e. The molecule has 5 heteroatoms. The van der Waals surface area contributed by atoms with E-state index in [1.165, 1.54) is 0 Å². The van der Waals surface area contributed by atoms with Crippen molar-refractivity contribution in [2.75, 3.05) is 0 Å². The summed E-state index contributed by atoms with van der Waals surface area (Å²) in [5.41, 5.74) is 3.62. The number of aromatic nitrogens is 1. The average Bonchev–Trinajstić information content (AvgIpc) is 3.10. The lowest BCUT2D eigenvalue weighted by atomic mass is 10.2. The topological polar surface area (TPSA) is 57.3 Å². The molecule has 0 saturated heterocycles. The van der Waals surface area contributed by atoms with E-state index in [0.29, 0.717) is 12.3 Å². The standard InChI is InChI=1S/C22H18N2O3/c1-16-7-9-21(24(25)26)22(13-16)23-12-11-18-14-19(8-10-20(18)23)27-15-17-5-3-2-4-6-17/h2-14H,15H2,1H3. The van der Waals surface area contributed by atoms with Gasteiger partial charge < -0.3 is 9.30 Å². The Balaban J connectivity index is 1.67. The zero-order chi connectivity index (χ0) is 18.8. The molecule has 1 heterocycles. The van der Waals surface area contributed by atoms with Crippen LogP contribution in [0.2, 0.25) is 0 Å². The van der Waals surface area contributed by atoms with Crippen LogP contribution in [-0.4, -0.2) is 9.49 Å². The SMILES string of the molecule is Cc1ccc([N+](=O)[O-])c(-n2ccc3cc(OCc4ccccc4)ccc32)c1. The van der Waals surface area contributed by atoms with Crippen molar-refractivity contribution in [3.8, 4) is 11.4 Å². The summed E-state index contributed by atoms with van der Waals surface area (Å²) in [6.07, 6.45) is 1.85. The summed E-state index contributed by atoms with van der Waals surface area (Å²) in [6, 6.07) is 22.8. The summed E-state index contributed by atoms with van der Waals surface area (Å²) in [6.45, 7) is 2.42. The van der Waals surface area contributed by atoms with Crippen molar-refractivity contribution in [2.24, 2.45) is 0 Å². The first kappa shape index (κ1) is 16.8. The van der Waals surface area contributed by atoms with Crippen molar-refractivity contribution in [3.05, 3.63) is 100 Å². The van der Waals surface area contributed by atoms with Gasteiger partial charge in [-0.15, -0.1) is 0 Å². The molecule has 0 N–H and O–H groups in total. The molecule has 5 nitrogen and oxygen atoms in total. The largest absolute Gasteiger partial charge is 0.489 e. The molecule has 1 aromatic heterocycles. The molecule has 0 radical (unpaired) electrons. The molecule has 4 rings (SSSR count). The van der Waals surface area contributed by atoms with Gasteiger partial charge >= 0.3 is 0 Å². The van der Waals surface area contributed by atoms with Gasteiger partial charge in [0.2, 0.25) is 0 Å². The molecule has 3 aromatic carbocycles. The maximum atomic E-state index is 11.4. The highest BCUT2D eigenvalue weighted by atomic mass is 16.6. The predicted molar refractivity (Wildman–Crippen MR) is 105 cm³/mol. The third-order valence-electron chi connectivity index (χ3n) is 4.50. The van der Waals surface area contributed by atoms with Gasteiger partial charge in [0.05, 0.1) is 10.4 Å². The number of fused-ring (bicyclic) bond motifs is 1. The summed E-state index contributed by atoms with van der Waals surface area (Å²) < 4.78 is 7.73. The van der Waals surface area contributed by atoms with E-state index in [2.05, 4.69) is 0 Å². The lowest BCUT2D eigenvalue weighted by Crippen LogP contribution is -2.00. The third-order valence-corrected chi connectivity index (χ3v) is 4.50. The first-order valence-corrected chi connectivity index (χ1v) is 8.65. The predicted octanol–water partition coefficient (Wildman–Crippen LogP) is 5.43. The van der Waals surface area contributed by atoms with E-state index in [1.807, 2.05) is 78.4 Å². The molecule has 27 heavy (non-hydrogen) atoms. The molecular weight excluding hydrogens is 340 g/mol. The molecule has 0 fully saturated rings. The Morgan fingerprint density at radius 2 is 1.81 bits per heavy atom. The van der Waals surface area contributed by atoms with Crippen LogP contribution in [0.3, 0.4) is 0 Å².